The summed E-state index contributed by atoms with van der Waals surface area (Å²) in [6, 6.07) is 10.00. The largest absolute Gasteiger partial charge is 0.461 e. The monoisotopic (exact) mass is 323 g/mol. The number of nitrogens with zero attached hydrogens (tertiary/aromatic N) is 1. The standard InChI is InChI=1S/C18H25NO2.ClH/c20-18(16-8-2-1-3-9-16)21-14-13-19-12-6-10-15-7-4-5-11-17(15)19;/h1-3,8-9,15,17H,4-7,10-14H2;1H. The minimum Gasteiger partial charge on any atom is -0.461 e. The zero-order chi connectivity index (χ0) is 14.5. The fraction of sp³-hybridized carbons (Fsp3) is 0.611. The molecule has 1 aliphatic heterocycles. The Bertz CT molecular complexity index is 463. The molecule has 22 heavy (non-hydrogen) atoms. The van der Waals surface area contributed by atoms with Crippen molar-refractivity contribution < 1.29 is 9.53 Å². The first kappa shape index (κ1) is 17.3. The van der Waals surface area contributed by atoms with Gasteiger partial charge in [-0.2, -0.15) is 0 Å². The summed E-state index contributed by atoms with van der Waals surface area (Å²) in [5.74, 6) is 0.685. The maximum Gasteiger partial charge on any atom is 0.338 e. The van der Waals surface area contributed by atoms with E-state index in [4.69, 9.17) is 4.74 Å². The van der Waals surface area contributed by atoms with Crippen molar-refractivity contribution in [1.29, 1.82) is 0 Å². The lowest BCUT2D eigenvalue weighted by Gasteiger charge is -2.44. The van der Waals surface area contributed by atoms with Crippen LogP contribution in [0.4, 0.5) is 0 Å². The number of hydrogen-bond acceptors (Lipinski definition) is 3. The first-order valence-electron chi connectivity index (χ1n) is 8.31. The van der Waals surface area contributed by atoms with Crippen molar-refractivity contribution in [3.05, 3.63) is 35.9 Å². The first-order valence-corrected chi connectivity index (χ1v) is 8.31. The van der Waals surface area contributed by atoms with Crippen LogP contribution in [-0.4, -0.2) is 36.6 Å². The topological polar surface area (TPSA) is 29.5 Å². The summed E-state index contributed by atoms with van der Waals surface area (Å²) in [7, 11) is 0. The molecule has 122 valence electrons. The van der Waals surface area contributed by atoms with Crippen molar-refractivity contribution in [2.45, 2.75) is 44.6 Å². The van der Waals surface area contributed by atoms with E-state index in [1.807, 2.05) is 18.2 Å². The Labute approximate surface area is 139 Å². The molecule has 2 fully saturated rings. The molecule has 0 bridgehead atoms. The van der Waals surface area contributed by atoms with Crippen LogP contribution in [0.2, 0.25) is 0 Å². The number of esters is 1. The zero-order valence-corrected chi connectivity index (χ0v) is 13.9. The Hall–Kier alpha value is -1.06. The van der Waals surface area contributed by atoms with Gasteiger partial charge in [0.25, 0.3) is 0 Å². The molecule has 0 amide bonds. The Balaban J connectivity index is 0.00000176. The molecule has 1 aromatic rings. The smallest absolute Gasteiger partial charge is 0.338 e. The maximum atomic E-state index is 11.9. The summed E-state index contributed by atoms with van der Waals surface area (Å²) in [6.07, 6.45) is 8.18. The van der Waals surface area contributed by atoms with E-state index in [9.17, 15) is 4.79 Å². The molecule has 0 radical (unpaired) electrons. The van der Waals surface area contributed by atoms with Crippen molar-refractivity contribution in [2.75, 3.05) is 19.7 Å². The average Bonchev–Trinajstić information content (AvgIpc) is 2.56. The molecule has 1 saturated carbocycles. The molecular weight excluding hydrogens is 298 g/mol. The predicted molar refractivity (Wildman–Crippen MR) is 90.5 cm³/mol. The summed E-state index contributed by atoms with van der Waals surface area (Å²) in [5, 5.41) is 0. The highest BCUT2D eigenvalue weighted by Crippen LogP contribution is 2.34. The maximum absolute atomic E-state index is 11.9. The number of fused-ring (bicyclic) bond motifs is 1. The Morgan fingerprint density at radius 3 is 2.64 bits per heavy atom. The van der Waals surface area contributed by atoms with E-state index in [0.29, 0.717) is 12.2 Å². The normalized spacial score (nSPS) is 24.9. The van der Waals surface area contributed by atoms with Crippen LogP contribution in [-0.2, 0) is 4.74 Å². The molecule has 0 spiro atoms. The number of hydrogen-bond donors (Lipinski definition) is 0. The quantitative estimate of drug-likeness (QED) is 0.787. The van der Waals surface area contributed by atoms with E-state index < -0.39 is 0 Å². The fourth-order valence-electron chi connectivity index (χ4n) is 3.92. The van der Waals surface area contributed by atoms with Crippen LogP contribution in [0.3, 0.4) is 0 Å². The molecule has 0 N–H and O–H groups in total. The summed E-state index contributed by atoms with van der Waals surface area (Å²) in [5.41, 5.74) is 0.645. The number of rotatable bonds is 4. The molecular formula is C18H26ClNO2. The van der Waals surface area contributed by atoms with Crippen LogP contribution >= 0.6 is 12.4 Å². The van der Waals surface area contributed by atoms with Crippen LogP contribution in [0.5, 0.6) is 0 Å². The Kier molecular flexibility index (Phi) is 6.71. The minimum atomic E-state index is -0.201. The van der Waals surface area contributed by atoms with Crippen molar-refractivity contribution in [3.63, 3.8) is 0 Å². The third-order valence-corrected chi connectivity index (χ3v) is 4.98. The van der Waals surface area contributed by atoms with Gasteiger partial charge in [-0.15, -0.1) is 12.4 Å². The molecule has 1 aromatic carbocycles. The van der Waals surface area contributed by atoms with Crippen LogP contribution < -0.4 is 0 Å². The van der Waals surface area contributed by atoms with Crippen molar-refractivity contribution in [1.82, 2.24) is 4.90 Å². The van der Waals surface area contributed by atoms with Crippen molar-refractivity contribution >= 4 is 18.4 Å². The summed E-state index contributed by atoms with van der Waals surface area (Å²) >= 11 is 0. The SMILES string of the molecule is Cl.O=C(OCCN1CCCC2CCCCC21)c1ccccc1. The number of piperidine rings is 1. The van der Waals surface area contributed by atoms with Gasteiger partial charge in [-0.1, -0.05) is 31.0 Å². The van der Waals surface area contributed by atoms with Crippen LogP contribution in [0.15, 0.2) is 30.3 Å². The van der Waals surface area contributed by atoms with Gasteiger partial charge < -0.3 is 4.74 Å². The number of carbonyl (C=O) groups excluding carboxylic acids is 1. The first-order chi connectivity index (χ1) is 10.3. The lowest BCUT2D eigenvalue weighted by atomic mass is 9.78. The van der Waals surface area contributed by atoms with Gasteiger partial charge in [0, 0.05) is 12.6 Å². The van der Waals surface area contributed by atoms with Crippen LogP contribution in [0, 0.1) is 5.92 Å². The lowest BCUT2D eigenvalue weighted by molar-refractivity contribution is 0.0248. The molecule has 3 rings (SSSR count). The van der Waals surface area contributed by atoms with Crippen LogP contribution in [0.25, 0.3) is 0 Å². The van der Waals surface area contributed by atoms with Gasteiger partial charge in [0.1, 0.15) is 6.61 Å². The van der Waals surface area contributed by atoms with Gasteiger partial charge >= 0.3 is 5.97 Å². The van der Waals surface area contributed by atoms with Crippen molar-refractivity contribution in [3.8, 4) is 0 Å². The number of carbonyl (C=O) groups is 1. The highest BCUT2D eigenvalue weighted by molar-refractivity contribution is 5.89. The van der Waals surface area contributed by atoms with E-state index in [2.05, 4.69) is 4.90 Å². The summed E-state index contributed by atoms with van der Waals surface area (Å²) in [4.78, 5) is 14.5. The van der Waals surface area contributed by atoms with E-state index in [1.165, 1.54) is 45.1 Å². The van der Waals surface area contributed by atoms with Gasteiger partial charge in [0.2, 0.25) is 0 Å². The second kappa shape index (κ2) is 8.54. The van der Waals surface area contributed by atoms with Gasteiger partial charge in [0.15, 0.2) is 0 Å². The van der Waals surface area contributed by atoms with Gasteiger partial charge in [-0.3, -0.25) is 4.90 Å². The molecule has 2 atom stereocenters. The predicted octanol–water partition coefficient (Wildman–Crippen LogP) is 3.92. The highest BCUT2D eigenvalue weighted by atomic mass is 35.5. The van der Waals surface area contributed by atoms with E-state index in [1.54, 1.807) is 12.1 Å². The average molecular weight is 324 g/mol. The van der Waals surface area contributed by atoms with E-state index in [-0.39, 0.29) is 18.4 Å². The van der Waals surface area contributed by atoms with E-state index in [0.717, 1.165) is 18.5 Å². The van der Waals surface area contributed by atoms with E-state index >= 15 is 0 Å². The molecule has 4 heteroatoms. The number of halogens is 1. The minimum absolute atomic E-state index is 0. The molecule has 1 heterocycles. The Morgan fingerprint density at radius 1 is 1.09 bits per heavy atom. The molecule has 1 aliphatic carbocycles. The van der Waals surface area contributed by atoms with Crippen molar-refractivity contribution in [2.24, 2.45) is 5.92 Å². The Morgan fingerprint density at radius 2 is 1.82 bits per heavy atom. The van der Waals surface area contributed by atoms with Gasteiger partial charge in [-0.05, 0) is 50.3 Å². The molecule has 1 saturated heterocycles. The molecule has 2 aliphatic rings. The third kappa shape index (κ3) is 4.23. The number of ether oxygens (including phenoxy) is 1. The molecule has 2 unspecified atom stereocenters. The lowest BCUT2D eigenvalue weighted by Crippen LogP contribution is -2.48. The van der Waals surface area contributed by atoms with Gasteiger partial charge in [-0.25, -0.2) is 4.79 Å². The summed E-state index contributed by atoms with van der Waals surface area (Å²) in [6.45, 7) is 2.57. The van der Waals surface area contributed by atoms with Gasteiger partial charge in [0.05, 0.1) is 5.56 Å². The highest BCUT2D eigenvalue weighted by Gasteiger charge is 2.32. The third-order valence-electron chi connectivity index (χ3n) is 4.98. The fourth-order valence-corrected chi connectivity index (χ4v) is 3.92. The second-order valence-electron chi connectivity index (χ2n) is 6.29. The second-order valence-corrected chi connectivity index (χ2v) is 6.29. The van der Waals surface area contributed by atoms with Crippen LogP contribution in [0.1, 0.15) is 48.9 Å². The number of likely N-dealkylation sites (tertiary alicyclic amines) is 1. The summed E-state index contributed by atoms with van der Waals surface area (Å²) < 4.78 is 5.43. The number of benzene rings is 1. The zero-order valence-electron chi connectivity index (χ0n) is 13.1. The molecule has 0 aromatic heterocycles. The molecule has 3 nitrogen and oxygen atoms in total.